The molecule has 3 saturated heterocycles. The van der Waals surface area contributed by atoms with Gasteiger partial charge in [0.1, 0.15) is 17.7 Å². The van der Waals surface area contributed by atoms with Crippen LogP contribution in [-0.2, 0) is 35.2 Å². The molecule has 3 amide bonds. The number of benzene rings is 2. The number of carbonyl (C=O) groups is 4. The van der Waals surface area contributed by atoms with Crippen molar-refractivity contribution in [1.29, 1.82) is 0 Å². The predicted molar refractivity (Wildman–Crippen MR) is 193 cm³/mol. The van der Waals surface area contributed by atoms with E-state index in [0.717, 1.165) is 5.56 Å². The molecule has 3 fully saturated rings. The van der Waals surface area contributed by atoms with Gasteiger partial charge in [0.05, 0.1) is 36.6 Å². The van der Waals surface area contributed by atoms with Gasteiger partial charge in [-0.2, -0.15) is 0 Å². The Morgan fingerprint density at radius 2 is 1.76 bits per heavy atom. The zero-order valence-electron chi connectivity index (χ0n) is 29.0. The Morgan fingerprint density at radius 1 is 1.10 bits per heavy atom. The molecule has 2 N–H and O–H groups in total. The summed E-state index contributed by atoms with van der Waals surface area (Å²) in [6.07, 6.45) is 2.77. The lowest BCUT2D eigenvalue weighted by Crippen LogP contribution is -2.59. The van der Waals surface area contributed by atoms with E-state index in [1.807, 2.05) is 74.5 Å². The molecule has 3 heterocycles. The number of alkyl halides is 1. The third-order valence-electron chi connectivity index (χ3n) is 10.2. The van der Waals surface area contributed by atoms with Crippen LogP contribution in [0.3, 0.4) is 0 Å². The number of aliphatic hydroxyl groups excluding tert-OH is 1. The van der Waals surface area contributed by atoms with Crippen molar-refractivity contribution < 1.29 is 33.8 Å². The Kier molecular flexibility index (Phi) is 12.0. The number of ether oxygens (including phenoxy) is 2. The minimum Gasteiger partial charge on any atom is -0.455 e. The number of hydrogen-bond donors (Lipinski definition) is 2. The molecule has 0 saturated carbocycles. The first kappa shape index (κ1) is 37.5. The van der Waals surface area contributed by atoms with Gasteiger partial charge in [-0.15, -0.1) is 13.2 Å². The number of likely N-dealkylation sites (tertiary alicyclic amines) is 1. The number of nitrogens with zero attached hydrogens (tertiary/aromatic N) is 2. The van der Waals surface area contributed by atoms with Crippen molar-refractivity contribution in [2.45, 2.75) is 87.3 Å². The molecule has 0 aliphatic carbocycles. The number of halogens is 1. The molecule has 9 atom stereocenters. The SMILES string of the molecule is C=CCCC(=O)N[C@@H](C)[C@H](OC(=O)[C@@H]1[C@H]2O[C@@]3(CC2Br)[C@H](C(=O)N(CC=C)Cc2ccccc2)N([C@@H](CO)C(C)C)C(=O)[C@@H]13)c1ccccc1. The molecular weight excluding hydrogens is 702 g/mol. The Morgan fingerprint density at radius 3 is 2.36 bits per heavy atom. The molecule has 268 valence electrons. The Bertz CT molecular complexity index is 1560. The van der Waals surface area contributed by atoms with Crippen LogP contribution < -0.4 is 5.32 Å². The molecule has 0 radical (unpaired) electrons. The average Bonchev–Trinajstić information content (AvgIpc) is 3.70. The van der Waals surface area contributed by atoms with Crippen LogP contribution in [0.15, 0.2) is 86.0 Å². The van der Waals surface area contributed by atoms with E-state index in [9.17, 15) is 24.3 Å². The van der Waals surface area contributed by atoms with Gasteiger partial charge in [0.15, 0.2) is 0 Å². The zero-order valence-corrected chi connectivity index (χ0v) is 30.5. The van der Waals surface area contributed by atoms with E-state index in [2.05, 4.69) is 34.4 Å². The fourth-order valence-electron chi connectivity index (χ4n) is 7.90. The first-order valence-corrected chi connectivity index (χ1v) is 18.2. The summed E-state index contributed by atoms with van der Waals surface area (Å²) >= 11 is 3.74. The second-order valence-corrected chi connectivity index (χ2v) is 15.0. The summed E-state index contributed by atoms with van der Waals surface area (Å²) in [6, 6.07) is 16.3. The van der Waals surface area contributed by atoms with E-state index in [-0.39, 0.29) is 48.7 Å². The molecule has 50 heavy (non-hydrogen) atoms. The largest absolute Gasteiger partial charge is 0.455 e. The second kappa shape index (κ2) is 16.0. The smallest absolute Gasteiger partial charge is 0.313 e. The lowest BCUT2D eigenvalue weighted by molar-refractivity contribution is -0.162. The van der Waals surface area contributed by atoms with Gasteiger partial charge in [-0.3, -0.25) is 19.2 Å². The van der Waals surface area contributed by atoms with Crippen LogP contribution in [0, 0.1) is 17.8 Å². The maximum absolute atomic E-state index is 14.8. The molecule has 2 aromatic rings. The topological polar surface area (TPSA) is 125 Å². The first-order chi connectivity index (χ1) is 24.0. The monoisotopic (exact) mass is 749 g/mol. The van der Waals surface area contributed by atoms with Gasteiger partial charge in [-0.25, -0.2) is 0 Å². The standard InChI is InChI=1S/C39H48BrN3O7/c1-6-8-19-30(45)41-25(5)33(27-17-13-10-14-18-27)49-38(48)31-32-36(46)43(29(23-44)24(3)4)35(39(32)21-28(40)34(31)50-39)37(47)42(20-7-2)22-26-15-11-9-12-16-26/h6-7,9-18,24-25,28-29,31-35,44H,1-2,8,19-23H2,3-5H3,(H,41,45)/t25-,28?,29-,31-,32+,33-,34-,35-,39+/m0/s1. The molecule has 2 aromatic carbocycles. The summed E-state index contributed by atoms with van der Waals surface area (Å²) in [4.78, 5) is 59.5. The highest BCUT2D eigenvalue weighted by Gasteiger charge is 2.77. The molecular formula is C39H48BrN3O7. The summed E-state index contributed by atoms with van der Waals surface area (Å²) in [7, 11) is 0. The number of aliphatic hydroxyl groups is 1. The van der Waals surface area contributed by atoms with Gasteiger partial charge in [-0.1, -0.05) is 103 Å². The van der Waals surface area contributed by atoms with Crippen molar-refractivity contribution in [3.63, 3.8) is 0 Å². The molecule has 11 heteroatoms. The Hall–Kier alpha value is -3.80. The summed E-state index contributed by atoms with van der Waals surface area (Å²) in [5.41, 5.74) is 0.242. The van der Waals surface area contributed by atoms with Crippen LogP contribution in [0.25, 0.3) is 0 Å². The molecule has 1 spiro atoms. The molecule has 5 rings (SSSR count). The molecule has 10 nitrogen and oxygen atoms in total. The quantitative estimate of drug-likeness (QED) is 0.145. The number of allylic oxidation sites excluding steroid dienone is 1. The lowest BCUT2D eigenvalue weighted by atomic mass is 9.70. The highest BCUT2D eigenvalue weighted by Crippen LogP contribution is 2.61. The fraction of sp³-hybridized carbons (Fsp3) is 0.487. The minimum absolute atomic E-state index is 0.202. The molecule has 0 aromatic heterocycles. The van der Waals surface area contributed by atoms with Gasteiger partial charge in [0.2, 0.25) is 17.7 Å². The van der Waals surface area contributed by atoms with Crippen LogP contribution in [-0.4, -0.2) is 86.4 Å². The van der Waals surface area contributed by atoms with E-state index in [4.69, 9.17) is 9.47 Å². The molecule has 3 aliphatic rings. The maximum Gasteiger partial charge on any atom is 0.313 e. The van der Waals surface area contributed by atoms with Crippen LogP contribution in [0.5, 0.6) is 0 Å². The third kappa shape index (κ3) is 7.18. The van der Waals surface area contributed by atoms with Crippen molar-refractivity contribution in [3.05, 3.63) is 97.1 Å². The first-order valence-electron chi connectivity index (χ1n) is 17.3. The highest BCUT2D eigenvalue weighted by atomic mass is 79.9. The lowest BCUT2D eigenvalue weighted by Gasteiger charge is -2.40. The molecule has 2 bridgehead atoms. The normalized spacial score (nSPS) is 27.0. The van der Waals surface area contributed by atoms with E-state index in [1.165, 1.54) is 4.90 Å². The van der Waals surface area contributed by atoms with Crippen molar-refractivity contribution >= 4 is 39.6 Å². The molecule has 1 unspecified atom stereocenters. The highest BCUT2D eigenvalue weighted by molar-refractivity contribution is 9.09. The number of amides is 3. The zero-order chi connectivity index (χ0) is 36.2. The number of esters is 1. The van der Waals surface area contributed by atoms with E-state index in [0.29, 0.717) is 18.4 Å². The summed E-state index contributed by atoms with van der Waals surface area (Å²) in [6.45, 7) is 13.2. The fourth-order valence-corrected chi connectivity index (χ4v) is 8.84. The van der Waals surface area contributed by atoms with Crippen LogP contribution in [0.1, 0.15) is 57.3 Å². The van der Waals surface area contributed by atoms with Gasteiger partial charge >= 0.3 is 5.97 Å². The average molecular weight is 751 g/mol. The van der Waals surface area contributed by atoms with Crippen LogP contribution in [0.2, 0.25) is 0 Å². The Balaban J connectivity index is 1.52. The van der Waals surface area contributed by atoms with Gasteiger partial charge in [0, 0.05) is 24.3 Å². The minimum atomic E-state index is -1.35. The van der Waals surface area contributed by atoms with E-state index in [1.54, 1.807) is 24.0 Å². The van der Waals surface area contributed by atoms with Crippen LogP contribution in [0.4, 0.5) is 0 Å². The van der Waals surface area contributed by atoms with Crippen molar-refractivity contribution in [2.75, 3.05) is 13.2 Å². The number of rotatable bonds is 16. The number of nitrogens with one attached hydrogen (secondary N) is 1. The number of hydrogen-bond acceptors (Lipinski definition) is 7. The van der Waals surface area contributed by atoms with Crippen molar-refractivity contribution in [2.24, 2.45) is 17.8 Å². The summed E-state index contributed by atoms with van der Waals surface area (Å²) in [5, 5.41) is 13.6. The number of carbonyl (C=O) groups excluding carboxylic acids is 4. The predicted octanol–water partition coefficient (Wildman–Crippen LogP) is 4.72. The van der Waals surface area contributed by atoms with Gasteiger partial charge in [0.25, 0.3) is 0 Å². The van der Waals surface area contributed by atoms with Gasteiger partial charge in [-0.05, 0) is 36.8 Å². The summed E-state index contributed by atoms with van der Waals surface area (Å²) < 4.78 is 13.0. The summed E-state index contributed by atoms with van der Waals surface area (Å²) in [5.74, 6) is -3.87. The maximum atomic E-state index is 14.8. The Labute approximate surface area is 303 Å². The van der Waals surface area contributed by atoms with E-state index < -0.39 is 59.6 Å². The third-order valence-corrected chi connectivity index (χ3v) is 11.1. The van der Waals surface area contributed by atoms with E-state index >= 15 is 0 Å². The van der Waals surface area contributed by atoms with Crippen LogP contribution >= 0.6 is 15.9 Å². The van der Waals surface area contributed by atoms with Crippen molar-refractivity contribution in [1.82, 2.24) is 15.1 Å². The van der Waals surface area contributed by atoms with Gasteiger partial charge < -0.3 is 29.7 Å². The number of fused-ring (bicyclic) bond motifs is 1. The molecule has 3 aliphatic heterocycles. The second-order valence-electron chi connectivity index (χ2n) is 13.8. The van der Waals surface area contributed by atoms with Crippen molar-refractivity contribution in [3.8, 4) is 0 Å².